The fourth-order valence-corrected chi connectivity index (χ4v) is 2.73. The summed E-state index contributed by atoms with van der Waals surface area (Å²) in [6, 6.07) is 9.76. The number of nitrogens with two attached hydrogens (primary N) is 2. The Morgan fingerprint density at radius 3 is 2.88 bits per heavy atom. The molecular formula is C18H20N6O. The molecule has 0 radical (unpaired) electrons. The largest absolute Gasteiger partial charge is 0.370 e. The maximum atomic E-state index is 12.3. The lowest BCUT2D eigenvalue weighted by molar-refractivity contribution is 0.100. The molecule has 2 heterocycles. The van der Waals surface area contributed by atoms with Crippen molar-refractivity contribution in [3.63, 3.8) is 0 Å². The lowest BCUT2D eigenvalue weighted by atomic mass is 10.1. The zero-order chi connectivity index (χ0) is 17.8. The van der Waals surface area contributed by atoms with Gasteiger partial charge in [0.2, 0.25) is 0 Å². The minimum atomic E-state index is -0.472. The summed E-state index contributed by atoms with van der Waals surface area (Å²) in [5, 5.41) is 5.41. The number of aliphatic imine (C=N–C) groups is 1. The van der Waals surface area contributed by atoms with E-state index >= 15 is 0 Å². The standard InChI is InChI=1S/C18H20N6O/c1-2-3-6-16-14(17(25)23-18(19)20)11-22-24(16)13-7-8-15-12(10-13)5-4-9-21-15/h4-5,7-11H,2-3,6H2,1H3,(H4,19,20,23,25). The summed E-state index contributed by atoms with van der Waals surface area (Å²) in [5.74, 6) is -0.726. The van der Waals surface area contributed by atoms with E-state index in [2.05, 4.69) is 22.0 Å². The minimum absolute atomic E-state index is 0.254. The number of aromatic nitrogens is 3. The smallest absolute Gasteiger partial charge is 0.283 e. The van der Waals surface area contributed by atoms with Crippen LogP contribution in [0.15, 0.2) is 47.7 Å². The zero-order valence-corrected chi connectivity index (χ0v) is 14.0. The van der Waals surface area contributed by atoms with Gasteiger partial charge in [-0.1, -0.05) is 19.4 Å². The number of benzene rings is 1. The van der Waals surface area contributed by atoms with Crippen molar-refractivity contribution in [1.29, 1.82) is 0 Å². The monoisotopic (exact) mass is 336 g/mol. The summed E-state index contributed by atoms with van der Waals surface area (Å²) in [6.07, 6.45) is 5.93. The highest BCUT2D eigenvalue weighted by molar-refractivity contribution is 6.02. The average Bonchev–Trinajstić information content (AvgIpc) is 3.03. The number of carbonyl (C=O) groups is 1. The molecule has 0 spiro atoms. The number of hydrogen-bond donors (Lipinski definition) is 2. The van der Waals surface area contributed by atoms with Gasteiger partial charge < -0.3 is 11.5 Å². The Morgan fingerprint density at radius 2 is 2.12 bits per heavy atom. The molecule has 0 bridgehead atoms. The van der Waals surface area contributed by atoms with E-state index < -0.39 is 5.91 Å². The van der Waals surface area contributed by atoms with Gasteiger partial charge in [0.05, 0.1) is 28.7 Å². The van der Waals surface area contributed by atoms with E-state index in [9.17, 15) is 4.79 Å². The van der Waals surface area contributed by atoms with Gasteiger partial charge in [0.15, 0.2) is 5.96 Å². The van der Waals surface area contributed by atoms with Gasteiger partial charge in [-0.25, -0.2) is 4.68 Å². The van der Waals surface area contributed by atoms with Crippen molar-refractivity contribution < 1.29 is 4.79 Å². The molecule has 128 valence electrons. The van der Waals surface area contributed by atoms with Crippen molar-refractivity contribution >= 4 is 22.8 Å². The normalized spacial score (nSPS) is 10.8. The Bertz CT molecular complexity index is 940. The van der Waals surface area contributed by atoms with E-state index in [1.165, 1.54) is 6.20 Å². The number of hydrogen-bond acceptors (Lipinski definition) is 3. The SMILES string of the molecule is CCCCc1c(C(=O)N=C(N)N)cnn1-c1ccc2ncccc2c1. The number of amides is 1. The Kier molecular flexibility index (Phi) is 4.74. The molecular weight excluding hydrogens is 316 g/mol. The second kappa shape index (κ2) is 7.12. The molecule has 0 aliphatic rings. The molecule has 0 saturated heterocycles. The van der Waals surface area contributed by atoms with Crippen molar-refractivity contribution in [2.24, 2.45) is 16.5 Å². The van der Waals surface area contributed by atoms with Gasteiger partial charge in [-0.3, -0.25) is 9.78 Å². The zero-order valence-electron chi connectivity index (χ0n) is 14.0. The maximum Gasteiger partial charge on any atom is 0.283 e. The van der Waals surface area contributed by atoms with Crippen LogP contribution in [0.2, 0.25) is 0 Å². The first kappa shape index (κ1) is 16.6. The van der Waals surface area contributed by atoms with Crippen LogP contribution in [-0.4, -0.2) is 26.6 Å². The molecule has 7 heteroatoms. The molecule has 2 aromatic heterocycles. The molecule has 0 atom stereocenters. The Morgan fingerprint density at radius 1 is 1.28 bits per heavy atom. The molecule has 3 rings (SSSR count). The quantitative estimate of drug-likeness (QED) is 0.548. The summed E-state index contributed by atoms with van der Waals surface area (Å²) in [4.78, 5) is 20.3. The molecule has 1 amide bonds. The highest BCUT2D eigenvalue weighted by Gasteiger charge is 2.18. The van der Waals surface area contributed by atoms with Crippen LogP contribution in [0.3, 0.4) is 0 Å². The van der Waals surface area contributed by atoms with E-state index in [4.69, 9.17) is 11.5 Å². The Hall–Kier alpha value is -3.22. The minimum Gasteiger partial charge on any atom is -0.370 e. The summed E-state index contributed by atoms with van der Waals surface area (Å²) < 4.78 is 1.78. The first-order chi connectivity index (χ1) is 12.1. The summed E-state index contributed by atoms with van der Waals surface area (Å²) in [6.45, 7) is 2.10. The van der Waals surface area contributed by atoms with Crippen molar-refractivity contribution in [2.45, 2.75) is 26.2 Å². The van der Waals surface area contributed by atoms with Crippen LogP contribution in [0.1, 0.15) is 35.8 Å². The fraction of sp³-hybridized carbons (Fsp3) is 0.222. The van der Waals surface area contributed by atoms with Crippen LogP contribution in [0.4, 0.5) is 0 Å². The molecule has 0 fully saturated rings. The van der Waals surface area contributed by atoms with Crippen molar-refractivity contribution in [2.75, 3.05) is 0 Å². The molecule has 0 aliphatic heterocycles. The second-order valence-corrected chi connectivity index (χ2v) is 5.74. The van der Waals surface area contributed by atoms with Crippen LogP contribution in [0.5, 0.6) is 0 Å². The number of unbranched alkanes of at least 4 members (excludes halogenated alkanes) is 1. The molecule has 3 aromatic rings. The topological polar surface area (TPSA) is 112 Å². The summed E-state index contributed by atoms with van der Waals surface area (Å²) >= 11 is 0. The fourth-order valence-electron chi connectivity index (χ4n) is 2.73. The van der Waals surface area contributed by atoms with E-state index in [0.29, 0.717) is 12.0 Å². The van der Waals surface area contributed by atoms with Gasteiger partial charge in [0.25, 0.3) is 5.91 Å². The molecule has 1 aromatic carbocycles. The van der Waals surface area contributed by atoms with Crippen LogP contribution < -0.4 is 11.5 Å². The van der Waals surface area contributed by atoms with Gasteiger partial charge in [0.1, 0.15) is 0 Å². The molecule has 25 heavy (non-hydrogen) atoms. The van der Waals surface area contributed by atoms with E-state index in [1.807, 2.05) is 30.3 Å². The van der Waals surface area contributed by atoms with Gasteiger partial charge in [-0.05, 0) is 37.1 Å². The second-order valence-electron chi connectivity index (χ2n) is 5.74. The number of rotatable bonds is 5. The molecule has 0 saturated carbocycles. The lowest BCUT2D eigenvalue weighted by Gasteiger charge is -2.09. The van der Waals surface area contributed by atoms with Crippen molar-refractivity contribution in [1.82, 2.24) is 14.8 Å². The third-order valence-electron chi connectivity index (χ3n) is 3.93. The predicted octanol–water partition coefficient (Wildman–Crippen LogP) is 2.18. The molecule has 4 N–H and O–H groups in total. The molecule has 7 nitrogen and oxygen atoms in total. The van der Waals surface area contributed by atoms with Crippen LogP contribution in [0.25, 0.3) is 16.6 Å². The number of carbonyl (C=O) groups excluding carboxylic acids is 1. The van der Waals surface area contributed by atoms with Gasteiger partial charge in [0, 0.05) is 11.6 Å². The van der Waals surface area contributed by atoms with E-state index in [1.54, 1.807) is 10.9 Å². The third-order valence-corrected chi connectivity index (χ3v) is 3.93. The average molecular weight is 336 g/mol. The van der Waals surface area contributed by atoms with Crippen LogP contribution in [-0.2, 0) is 6.42 Å². The highest BCUT2D eigenvalue weighted by atomic mass is 16.1. The maximum absolute atomic E-state index is 12.3. The van der Waals surface area contributed by atoms with Crippen LogP contribution in [0, 0.1) is 0 Å². The first-order valence-electron chi connectivity index (χ1n) is 8.16. The summed E-state index contributed by atoms with van der Waals surface area (Å²) in [7, 11) is 0. The van der Waals surface area contributed by atoms with Crippen molar-refractivity contribution in [3.05, 3.63) is 54.0 Å². The Labute approximate surface area is 145 Å². The van der Waals surface area contributed by atoms with Crippen LogP contribution >= 0.6 is 0 Å². The van der Waals surface area contributed by atoms with Crippen molar-refractivity contribution in [3.8, 4) is 5.69 Å². The number of pyridine rings is 1. The van der Waals surface area contributed by atoms with Gasteiger partial charge in [-0.15, -0.1) is 0 Å². The molecule has 0 unspecified atom stereocenters. The number of guanidine groups is 1. The van der Waals surface area contributed by atoms with E-state index in [-0.39, 0.29) is 5.96 Å². The summed E-state index contributed by atoms with van der Waals surface area (Å²) in [5.41, 5.74) is 13.7. The highest BCUT2D eigenvalue weighted by Crippen LogP contribution is 2.21. The molecule has 0 aliphatic carbocycles. The first-order valence-corrected chi connectivity index (χ1v) is 8.16. The number of nitrogens with zero attached hydrogens (tertiary/aromatic N) is 4. The van der Waals surface area contributed by atoms with Gasteiger partial charge in [-0.2, -0.15) is 10.1 Å². The Balaban J connectivity index is 2.09. The third kappa shape index (κ3) is 3.50. The lowest BCUT2D eigenvalue weighted by Crippen LogP contribution is -2.24. The van der Waals surface area contributed by atoms with Gasteiger partial charge >= 0.3 is 0 Å². The predicted molar refractivity (Wildman–Crippen MR) is 97.6 cm³/mol. The van der Waals surface area contributed by atoms with E-state index in [0.717, 1.165) is 35.1 Å². The number of fused-ring (bicyclic) bond motifs is 1.